The molecule has 150 valence electrons. The maximum absolute atomic E-state index is 12.6. The molecule has 1 N–H and O–H groups in total. The number of rotatable bonds is 6. The molecule has 1 amide bonds. The van der Waals surface area contributed by atoms with E-state index in [1.54, 1.807) is 28.6 Å². The van der Waals surface area contributed by atoms with Crippen LogP contribution in [0.1, 0.15) is 58.4 Å². The standard InChI is InChI=1S/C22H28N2O3S/c1-16-6-11-21(17(2)14-16)18(3)23-22(25)20-9-7-19(8-10-20)15-28(26,27)24-12-4-5-13-24/h6-11,14,18H,4-5,12-13,15H2,1-3H3,(H,23,25). The number of benzene rings is 2. The number of aryl methyl sites for hydroxylation is 2. The molecule has 2 aromatic rings. The van der Waals surface area contributed by atoms with Gasteiger partial charge in [0.2, 0.25) is 10.0 Å². The van der Waals surface area contributed by atoms with Crippen molar-refractivity contribution in [3.8, 4) is 0 Å². The summed E-state index contributed by atoms with van der Waals surface area (Å²) in [6.45, 7) is 7.27. The maximum Gasteiger partial charge on any atom is 0.251 e. The lowest BCUT2D eigenvalue weighted by molar-refractivity contribution is 0.0940. The molecule has 1 atom stereocenters. The van der Waals surface area contributed by atoms with E-state index in [1.165, 1.54) is 5.56 Å². The third kappa shape index (κ3) is 4.80. The van der Waals surface area contributed by atoms with Gasteiger partial charge in [-0.05, 0) is 62.4 Å². The second kappa shape index (κ2) is 8.45. The first-order valence-electron chi connectivity index (χ1n) is 9.71. The van der Waals surface area contributed by atoms with Crippen LogP contribution in [-0.2, 0) is 15.8 Å². The summed E-state index contributed by atoms with van der Waals surface area (Å²) in [5.74, 6) is -0.185. The number of hydrogen-bond donors (Lipinski definition) is 1. The van der Waals surface area contributed by atoms with Crippen molar-refractivity contribution in [1.82, 2.24) is 9.62 Å². The van der Waals surface area contributed by atoms with E-state index in [9.17, 15) is 13.2 Å². The minimum absolute atomic E-state index is 0.0200. The summed E-state index contributed by atoms with van der Waals surface area (Å²) in [5.41, 5.74) is 4.66. The van der Waals surface area contributed by atoms with E-state index < -0.39 is 10.0 Å². The van der Waals surface area contributed by atoms with E-state index in [0.29, 0.717) is 24.2 Å². The first-order chi connectivity index (χ1) is 13.3. The fourth-order valence-electron chi connectivity index (χ4n) is 3.69. The molecule has 1 unspecified atom stereocenters. The zero-order chi connectivity index (χ0) is 20.3. The summed E-state index contributed by atoms with van der Waals surface area (Å²) in [6, 6.07) is 12.9. The molecule has 2 aromatic carbocycles. The molecule has 0 radical (unpaired) electrons. The zero-order valence-corrected chi connectivity index (χ0v) is 17.6. The van der Waals surface area contributed by atoms with Crippen LogP contribution in [0.25, 0.3) is 0 Å². The van der Waals surface area contributed by atoms with Gasteiger partial charge in [0.1, 0.15) is 0 Å². The Morgan fingerprint density at radius 1 is 1.07 bits per heavy atom. The zero-order valence-electron chi connectivity index (χ0n) is 16.7. The van der Waals surface area contributed by atoms with Gasteiger partial charge in [0.05, 0.1) is 11.8 Å². The Kier molecular flexibility index (Phi) is 6.20. The van der Waals surface area contributed by atoms with Crippen molar-refractivity contribution in [3.63, 3.8) is 0 Å². The van der Waals surface area contributed by atoms with Crippen molar-refractivity contribution < 1.29 is 13.2 Å². The highest BCUT2D eigenvalue weighted by Crippen LogP contribution is 2.20. The van der Waals surface area contributed by atoms with Gasteiger partial charge in [-0.1, -0.05) is 35.9 Å². The number of nitrogens with zero attached hydrogens (tertiary/aromatic N) is 1. The van der Waals surface area contributed by atoms with Gasteiger partial charge in [0, 0.05) is 18.7 Å². The van der Waals surface area contributed by atoms with Crippen LogP contribution in [0.3, 0.4) is 0 Å². The smallest absolute Gasteiger partial charge is 0.251 e. The van der Waals surface area contributed by atoms with Crippen LogP contribution in [0, 0.1) is 13.8 Å². The lowest BCUT2D eigenvalue weighted by Crippen LogP contribution is -2.29. The Hall–Kier alpha value is -2.18. The molecule has 1 aliphatic heterocycles. The average molecular weight is 401 g/mol. The highest BCUT2D eigenvalue weighted by atomic mass is 32.2. The van der Waals surface area contributed by atoms with Crippen LogP contribution in [0.4, 0.5) is 0 Å². The van der Waals surface area contributed by atoms with Crippen LogP contribution in [-0.4, -0.2) is 31.7 Å². The Morgan fingerprint density at radius 2 is 1.71 bits per heavy atom. The van der Waals surface area contributed by atoms with Gasteiger partial charge in [0.15, 0.2) is 0 Å². The second-order valence-electron chi connectivity index (χ2n) is 7.61. The van der Waals surface area contributed by atoms with Gasteiger partial charge >= 0.3 is 0 Å². The van der Waals surface area contributed by atoms with Gasteiger partial charge in [-0.3, -0.25) is 4.79 Å². The summed E-state index contributed by atoms with van der Waals surface area (Å²) in [4.78, 5) is 12.6. The molecule has 0 aromatic heterocycles. The molecule has 1 fully saturated rings. The van der Waals surface area contributed by atoms with Crippen LogP contribution >= 0.6 is 0 Å². The SMILES string of the molecule is Cc1ccc(C(C)NC(=O)c2ccc(CS(=O)(=O)N3CCCC3)cc2)c(C)c1. The largest absolute Gasteiger partial charge is 0.346 e. The van der Waals surface area contributed by atoms with Gasteiger partial charge in [-0.25, -0.2) is 12.7 Å². The molecule has 0 aliphatic carbocycles. The molecule has 0 saturated carbocycles. The first-order valence-corrected chi connectivity index (χ1v) is 11.3. The molecular formula is C22H28N2O3S. The van der Waals surface area contributed by atoms with Crippen molar-refractivity contribution in [2.24, 2.45) is 0 Å². The molecule has 5 nitrogen and oxygen atoms in total. The number of sulfonamides is 1. The van der Waals surface area contributed by atoms with Crippen molar-refractivity contribution in [3.05, 3.63) is 70.3 Å². The van der Waals surface area contributed by atoms with E-state index in [4.69, 9.17) is 0 Å². The average Bonchev–Trinajstić information content (AvgIpc) is 3.17. The molecule has 6 heteroatoms. The minimum atomic E-state index is -3.28. The fraction of sp³-hybridized carbons (Fsp3) is 0.409. The fourth-order valence-corrected chi connectivity index (χ4v) is 5.30. The predicted octanol–water partition coefficient (Wildman–Crippen LogP) is 3.72. The van der Waals surface area contributed by atoms with E-state index in [0.717, 1.165) is 24.0 Å². The van der Waals surface area contributed by atoms with E-state index >= 15 is 0 Å². The Bertz CT molecular complexity index is 946. The molecule has 3 rings (SSSR count). The summed E-state index contributed by atoms with van der Waals surface area (Å²) >= 11 is 0. The van der Waals surface area contributed by atoms with Gasteiger partial charge in [-0.15, -0.1) is 0 Å². The van der Waals surface area contributed by atoms with Gasteiger partial charge in [-0.2, -0.15) is 0 Å². The highest BCUT2D eigenvalue weighted by Gasteiger charge is 2.25. The normalized spacial score (nSPS) is 16.1. The number of hydrogen-bond acceptors (Lipinski definition) is 3. The second-order valence-corrected chi connectivity index (χ2v) is 9.58. The molecule has 28 heavy (non-hydrogen) atoms. The number of nitrogens with one attached hydrogen (secondary N) is 1. The maximum atomic E-state index is 12.6. The summed E-state index contributed by atoms with van der Waals surface area (Å²) in [6.07, 6.45) is 1.86. The van der Waals surface area contributed by atoms with Crippen molar-refractivity contribution in [2.75, 3.05) is 13.1 Å². The molecule has 0 bridgehead atoms. The number of amides is 1. The lowest BCUT2D eigenvalue weighted by atomic mass is 10.00. The molecule has 0 spiro atoms. The van der Waals surface area contributed by atoms with E-state index in [1.807, 2.05) is 32.9 Å². The number of carbonyl (C=O) groups is 1. The van der Waals surface area contributed by atoms with E-state index in [-0.39, 0.29) is 17.7 Å². The van der Waals surface area contributed by atoms with Crippen LogP contribution < -0.4 is 5.32 Å². The van der Waals surface area contributed by atoms with Crippen molar-refractivity contribution >= 4 is 15.9 Å². The molecule has 1 saturated heterocycles. The molecule has 1 aliphatic rings. The molecular weight excluding hydrogens is 372 g/mol. The number of carbonyl (C=O) groups excluding carboxylic acids is 1. The minimum Gasteiger partial charge on any atom is -0.346 e. The van der Waals surface area contributed by atoms with Crippen LogP contribution in [0.2, 0.25) is 0 Å². The third-order valence-corrected chi connectivity index (χ3v) is 7.11. The Morgan fingerprint density at radius 3 is 2.32 bits per heavy atom. The van der Waals surface area contributed by atoms with Crippen LogP contribution in [0.5, 0.6) is 0 Å². The molecule has 1 heterocycles. The summed E-state index contributed by atoms with van der Waals surface area (Å²) in [5, 5.41) is 3.02. The summed E-state index contributed by atoms with van der Waals surface area (Å²) < 4.78 is 26.4. The first kappa shape index (κ1) is 20.6. The quantitative estimate of drug-likeness (QED) is 0.804. The topological polar surface area (TPSA) is 66.5 Å². The van der Waals surface area contributed by atoms with Crippen LogP contribution in [0.15, 0.2) is 42.5 Å². The third-order valence-electron chi connectivity index (χ3n) is 5.26. The van der Waals surface area contributed by atoms with Crippen molar-refractivity contribution in [2.45, 2.75) is 45.4 Å². The Balaban J connectivity index is 1.65. The van der Waals surface area contributed by atoms with Gasteiger partial charge in [0.25, 0.3) is 5.91 Å². The van der Waals surface area contributed by atoms with Gasteiger partial charge < -0.3 is 5.32 Å². The monoisotopic (exact) mass is 400 g/mol. The highest BCUT2D eigenvalue weighted by molar-refractivity contribution is 7.88. The van der Waals surface area contributed by atoms with Crippen molar-refractivity contribution in [1.29, 1.82) is 0 Å². The van der Waals surface area contributed by atoms with E-state index in [2.05, 4.69) is 11.4 Å². The summed E-state index contributed by atoms with van der Waals surface area (Å²) in [7, 11) is -3.28. The predicted molar refractivity (Wildman–Crippen MR) is 112 cm³/mol. The Labute approximate surface area is 167 Å². The lowest BCUT2D eigenvalue weighted by Gasteiger charge is -2.18.